The van der Waals surface area contributed by atoms with Gasteiger partial charge in [-0.05, 0) is 19.1 Å². The van der Waals surface area contributed by atoms with Gasteiger partial charge in [-0.25, -0.2) is 4.98 Å². The summed E-state index contributed by atoms with van der Waals surface area (Å²) in [5.74, 6) is 1.88. The molecule has 0 saturated carbocycles. The number of hydrogen-bond acceptors (Lipinski definition) is 3. The number of rotatable bonds is 4. The van der Waals surface area contributed by atoms with Crippen LogP contribution < -0.4 is 5.32 Å². The van der Waals surface area contributed by atoms with E-state index in [0.29, 0.717) is 6.54 Å². The zero-order chi connectivity index (χ0) is 12.4. The van der Waals surface area contributed by atoms with Crippen LogP contribution in [0.2, 0.25) is 0 Å². The Balaban J connectivity index is 1.73. The summed E-state index contributed by atoms with van der Waals surface area (Å²) >= 11 is 0. The molecule has 3 rings (SSSR count). The molecule has 3 aromatic rings. The normalized spacial score (nSPS) is 12.9. The van der Waals surface area contributed by atoms with Gasteiger partial charge in [-0.2, -0.15) is 0 Å². The summed E-state index contributed by atoms with van der Waals surface area (Å²) in [6.07, 6.45) is 3.58. The van der Waals surface area contributed by atoms with Gasteiger partial charge in [0.25, 0.3) is 0 Å². The number of imidazole rings is 1. The maximum absolute atomic E-state index is 5.81. The van der Waals surface area contributed by atoms with Crippen LogP contribution in [0.15, 0.2) is 47.1 Å². The van der Waals surface area contributed by atoms with E-state index in [4.69, 9.17) is 4.42 Å². The number of aromatic amines is 1. The fourth-order valence-corrected chi connectivity index (χ4v) is 1.96. The molecule has 2 aromatic heterocycles. The molecule has 92 valence electrons. The first-order valence-electron chi connectivity index (χ1n) is 6.03. The van der Waals surface area contributed by atoms with Crippen molar-refractivity contribution in [2.75, 3.05) is 0 Å². The van der Waals surface area contributed by atoms with E-state index in [1.54, 1.807) is 6.20 Å². The lowest BCUT2D eigenvalue weighted by atomic mass is 10.2. The summed E-state index contributed by atoms with van der Waals surface area (Å²) in [5, 5.41) is 4.51. The standard InChI is InChI=1S/C14H15N3O/c1-10(17-9-14-15-6-7-16-14)13-8-11-4-2-3-5-12(11)18-13/h2-8,10,17H,9H2,1H3,(H,15,16). The molecule has 4 nitrogen and oxygen atoms in total. The van der Waals surface area contributed by atoms with Gasteiger partial charge in [0.15, 0.2) is 0 Å². The smallest absolute Gasteiger partial charge is 0.134 e. The molecule has 4 heteroatoms. The molecule has 1 atom stereocenters. The number of H-pyrrole nitrogens is 1. The van der Waals surface area contributed by atoms with Crippen LogP contribution in [0.3, 0.4) is 0 Å². The van der Waals surface area contributed by atoms with Crippen LogP contribution in [0, 0.1) is 0 Å². The number of para-hydroxylation sites is 1. The van der Waals surface area contributed by atoms with Gasteiger partial charge in [-0.1, -0.05) is 18.2 Å². The quantitative estimate of drug-likeness (QED) is 0.738. The summed E-state index contributed by atoms with van der Waals surface area (Å²) in [6, 6.07) is 10.3. The zero-order valence-electron chi connectivity index (χ0n) is 10.2. The van der Waals surface area contributed by atoms with Crippen LogP contribution in [0.5, 0.6) is 0 Å². The van der Waals surface area contributed by atoms with Crippen molar-refractivity contribution in [3.05, 3.63) is 54.3 Å². The monoisotopic (exact) mass is 241 g/mol. The van der Waals surface area contributed by atoms with Gasteiger partial charge in [0.1, 0.15) is 17.2 Å². The number of fused-ring (bicyclic) bond motifs is 1. The highest BCUT2D eigenvalue weighted by atomic mass is 16.3. The second-order valence-corrected chi connectivity index (χ2v) is 4.33. The van der Waals surface area contributed by atoms with E-state index in [-0.39, 0.29) is 6.04 Å². The highest BCUT2D eigenvalue weighted by Gasteiger charge is 2.11. The molecule has 0 aliphatic rings. The largest absolute Gasteiger partial charge is 0.459 e. The second-order valence-electron chi connectivity index (χ2n) is 4.33. The van der Waals surface area contributed by atoms with Crippen molar-refractivity contribution in [2.24, 2.45) is 0 Å². The number of hydrogen-bond donors (Lipinski definition) is 2. The predicted molar refractivity (Wildman–Crippen MR) is 70.1 cm³/mol. The Bertz CT molecular complexity index is 594. The summed E-state index contributed by atoms with van der Waals surface area (Å²) in [7, 11) is 0. The van der Waals surface area contributed by atoms with Crippen LogP contribution in [0.4, 0.5) is 0 Å². The number of benzene rings is 1. The minimum absolute atomic E-state index is 0.155. The lowest BCUT2D eigenvalue weighted by Gasteiger charge is -2.09. The average molecular weight is 241 g/mol. The van der Waals surface area contributed by atoms with Gasteiger partial charge < -0.3 is 14.7 Å². The van der Waals surface area contributed by atoms with Crippen molar-refractivity contribution in [3.8, 4) is 0 Å². The van der Waals surface area contributed by atoms with E-state index in [0.717, 1.165) is 22.6 Å². The number of nitrogens with one attached hydrogen (secondary N) is 2. The Morgan fingerprint density at radius 3 is 3.06 bits per heavy atom. The van der Waals surface area contributed by atoms with Gasteiger partial charge in [-0.15, -0.1) is 0 Å². The Labute approximate surface area is 105 Å². The van der Waals surface area contributed by atoms with Gasteiger partial charge in [0, 0.05) is 17.8 Å². The maximum Gasteiger partial charge on any atom is 0.134 e. The van der Waals surface area contributed by atoms with Crippen molar-refractivity contribution in [1.82, 2.24) is 15.3 Å². The first kappa shape index (κ1) is 11.0. The van der Waals surface area contributed by atoms with Crippen LogP contribution in [0.1, 0.15) is 24.6 Å². The topological polar surface area (TPSA) is 53.9 Å². The van der Waals surface area contributed by atoms with E-state index in [9.17, 15) is 0 Å². The van der Waals surface area contributed by atoms with Gasteiger partial charge in [0.05, 0.1) is 12.6 Å². The molecule has 1 unspecified atom stereocenters. The Morgan fingerprint density at radius 1 is 1.39 bits per heavy atom. The van der Waals surface area contributed by atoms with Crippen LogP contribution in [-0.4, -0.2) is 9.97 Å². The van der Waals surface area contributed by atoms with Crippen molar-refractivity contribution in [3.63, 3.8) is 0 Å². The minimum Gasteiger partial charge on any atom is -0.459 e. The Kier molecular flexibility index (Phi) is 2.86. The van der Waals surface area contributed by atoms with E-state index >= 15 is 0 Å². The molecule has 0 amide bonds. The molecule has 0 aliphatic carbocycles. The molecule has 0 fully saturated rings. The van der Waals surface area contributed by atoms with Crippen LogP contribution >= 0.6 is 0 Å². The third-order valence-electron chi connectivity index (χ3n) is 3.00. The van der Waals surface area contributed by atoms with Crippen molar-refractivity contribution >= 4 is 11.0 Å². The molecule has 0 saturated heterocycles. The fraction of sp³-hybridized carbons (Fsp3) is 0.214. The van der Waals surface area contributed by atoms with E-state index in [1.165, 1.54) is 0 Å². The molecule has 1 aromatic carbocycles. The van der Waals surface area contributed by atoms with Gasteiger partial charge >= 0.3 is 0 Å². The number of aromatic nitrogens is 2. The van der Waals surface area contributed by atoms with E-state index < -0.39 is 0 Å². The van der Waals surface area contributed by atoms with E-state index in [1.807, 2.05) is 24.4 Å². The van der Waals surface area contributed by atoms with Crippen molar-refractivity contribution < 1.29 is 4.42 Å². The summed E-state index contributed by atoms with van der Waals surface area (Å²) < 4.78 is 5.81. The molecule has 0 aliphatic heterocycles. The average Bonchev–Trinajstić information content (AvgIpc) is 3.04. The first-order valence-corrected chi connectivity index (χ1v) is 6.03. The highest BCUT2D eigenvalue weighted by Crippen LogP contribution is 2.23. The van der Waals surface area contributed by atoms with Crippen molar-refractivity contribution in [2.45, 2.75) is 19.5 Å². The lowest BCUT2D eigenvalue weighted by molar-refractivity contribution is 0.447. The molecular weight excluding hydrogens is 226 g/mol. The predicted octanol–water partition coefficient (Wildman–Crippen LogP) is 3.01. The van der Waals surface area contributed by atoms with Crippen LogP contribution in [-0.2, 0) is 6.54 Å². The first-order chi connectivity index (χ1) is 8.83. The van der Waals surface area contributed by atoms with Gasteiger partial charge in [0.2, 0.25) is 0 Å². The third-order valence-corrected chi connectivity index (χ3v) is 3.00. The van der Waals surface area contributed by atoms with Crippen molar-refractivity contribution in [1.29, 1.82) is 0 Å². The summed E-state index contributed by atoms with van der Waals surface area (Å²) in [4.78, 5) is 7.24. The Morgan fingerprint density at radius 2 is 2.28 bits per heavy atom. The van der Waals surface area contributed by atoms with Gasteiger partial charge in [-0.3, -0.25) is 0 Å². The maximum atomic E-state index is 5.81. The second kappa shape index (κ2) is 4.66. The number of nitrogens with zero attached hydrogens (tertiary/aromatic N) is 1. The molecular formula is C14H15N3O. The fourth-order valence-electron chi connectivity index (χ4n) is 1.96. The van der Waals surface area contributed by atoms with Crippen LogP contribution in [0.25, 0.3) is 11.0 Å². The third kappa shape index (κ3) is 2.15. The Hall–Kier alpha value is -2.07. The molecule has 0 radical (unpaired) electrons. The molecule has 2 heterocycles. The number of furan rings is 1. The summed E-state index contributed by atoms with van der Waals surface area (Å²) in [6.45, 7) is 2.78. The molecule has 0 bridgehead atoms. The summed E-state index contributed by atoms with van der Waals surface area (Å²) in [5.41, 5.74) is 0.930. The molecule has 0 spiro atoms. The molecule has 18 heavy (non-hydrogen) atoms. The SMILES string of the molecule is CC(NCc1ncc[nH]1)c1cc2ccccc2o1. The molecule has 2 N–H and O–H groups in total. The minimum atomic E-state index is 0.155. The highest BCUT2D eigenvalue weighted by molar-refractivity contribution is 5.77. The van der Waals surface area contributed by atoms with E-state index in [2.05, 4.69) is 34.3 Å². The zero-order valence-corrected chi connectivity index (χ0v) is 10.2. The lowest BCUT2D eigenvalue weighted by Crippen LogP contribution is -2.18.